The van der Waals surface area contributed by atoms with Crippen LogP contribution in [0, 0.1) is 18.8 Å². The van der Waals surface area contributed by atoms with E-state index in [1.165, 1.54) is 23.3 Å². The second kappa shape index (κ2) is 12.0. The predicted octanol–water partition coefficient (Wildman–Crippen LogP) is 5.92. The summed E-state index contributed by atoms with van der Waals surface area (Å²) in [6, 6.07) is 8.31. The van der Waals surface area contributed by atoms with Gasteiger partial charge in [0.15, 0.2) is 6.04 Å². The van der Waals surface area contributed by atoms with Crippen molar-refractivity contribution in [2.45, 2.75) is 58.5 Å². The number of carbonyl (C=O) groups is 1. The van der Waals surface area contributed by atoms with Crippen LogP contribution in [0.2, 0.25) is 0 Å². The molecule has 7 rings (SSSR count). The van der Waals surface area contributed by atoms with Gasteiger partial charge in [0.2, 0.25) is 0 Å². The molecule has 0 aliphatic carbocycles. The van der Waals surface area contributed by atoms with Crippen LogP contribution in [-0.4, -0.2) is 81.9 Å². The first kappa shape index (κ1) is 30.7. The fraction of sp³-hybridized carbons (Fsp3) is 0.500. The molecule has 4 unspecified atom stereocenters. The molecule has 0 N–H and O–H groups in total. The number of ether oxygens (including phenoxy) is 1. The van der Waals surface area contributed by atoms with E-state index in [-0.39, 0.29) is 30.5 Å². The number of imidazole rings is 1. The van der Waals surface area contributed by atoms with Crippen LogP contribution in [0.5, 0.6) is 0 Å². The van der Waals surface area contributed by atoms with E-state index < -0.39 is 30.8 Å². The van der Waals surface area contributed by atoms with Crippen LogP contribution in [0.15, 0.2) is 42.9 Å². The minimum absolute atomic E-state index is 0.100. The highest BCUT2D eigenvalue weighted by Gasteiger charge is 2.40. The van der Waals surface area contributed by atoms with Crippen molar-refractivity contribution >= 4 is 22.6 Å². The molecule has 5 heterocycles. The molecule has 2 aromatic carbocycles. The average Bonchev–Trinajstić information content (AvgIpc) is 3.81. The fourth-order valence-electron chi connectivity index (χ4n) is 7.70. The number of carbonyl (C=O) groups excluding carboxylic acids is 1. The quantitative estimate of drug-likeness (QED) is 0.168. The summed E-state index contributed by atoms with van der Waals surface area (Å²) in [5.41, 5.74) is 4.23. The zero-order chi connectivity index (χ0) is 32.3. The molecule has 0 amide bonds. The molecule has 244 valence electrons. The molecule has 3 aliphatic rings. The van der Waals surface area contributed by atoms with Crippen molar-refractivity contribution in [3.8, 4) is 11.1 Å². The Bertz CT molecular complexity index is 1740. The zero-order valence-corrected chi connectivity index (χ0v) is 26.2. The number of esters is 1. The van der Waals surface area contributed by atoms with Crippen LogP contribution < -0.4 is 4.90 Å². The molecule has 0 spiro atoms. The van der Waals surface area contributed by atoms with Crippen molar-refractivity contribution in [3.63, 3.8) is 0 Å². The minimum atomic E-state index is -2.78. The molecule has 0 saturated carbocycles. The topological polar surface area (TPSA) is 68.4 Å². The Kier molecular flexibility index (Phi) is 8.02. The number of rotatable bonds is 9. The third-order valence-corrected chi connectivity index (χ3v) is 9.77. The van der Waals surface area contributed by atoms with Gasteiger partial charge in [-0.25, -0.2) is 27.3 Å². The van der Waals surface area contributed by atoms with E-state index in [1.807, 2.05) is 31.2 Å². The Morgan fingerprint density at radius 2 is 1.78 bits per heavy atom. The van der Waals surface area contributed by atoms with Crippen LogP contribution in [0.4, 0.5) is 23.2 Å². The van der Waals surface area contributed by atoms with Gasteiger partial charge in [-0.1, -0.05) is 12.1 Å². The number of aromatic nitrogens is 4. The maximum atomic E-state index is 14.6. The first-order valence-corrected chi connectivity index (χ1v) is 16.0. The van der Waals surface area contributed by atoms with Crippen LogP contribution in [0.25, 0.3) is 22.0 Å². The Balaban J connectivity index is 1.20. The third kappa shape index (κ3) is 5.44. The first-order chi connectivity index (χ1) is 22.1. The number of benzene rings is 2. The summed E-state index contributed by atoms with van der Waals surface area (Å²) in [6.45, 7) is 9.50. The molecular weight excluding hydrogens is 600 g/mol. The van der Waals surface area contributed by atoms with Crippen LogP contribution in [0.1, 0.15) is 48.8 Å². The highest BCUT2D eigenvalue weighted by atomic mass is 19.3. The van der Waals surface area contributed by atoms with E-state index in [9.17, 15) is 22.4 Å². The molecule has 2 saturated heterocycles. The Morgan fingerprint density at radius 3 is 2.43 bits per heavy atom. The van der Waals surface area contributed by atoms with Gasteiger partial charge in [0.05, 0.1) is 30.7 Å². The summed E-state index contributed by atoms with van der Waals surface area (Å²) in [7, 11) is 0. The molecule has 2 aromatic heterocycles. The number of anilines is 1. The van der Waals surface area contributed by atoms with Crippen molar-refractivity contribution in [3.05, 3.63) is 65.4 Å². The second-order valence-electron chi connectivity index (χ2n) is 13.0. The molecule has 0 bridgehead atoms. The zero-order valence-electron chi connectivity index (χ0n) is 26.2. The van der Waals surface area contributed by atoms with E-state index >= 15 is 0 Å². The van der Waals surface area contributed by atoms with Crippen molar-refractivity contribution < 1.29 is 27.1 Å². The second-order valence-corrected chi connectivity index (χ2v) is 13.0. The van der Waals surface area contributed by atoms with Gasteiger partial charge in [-0.15, -0.1) is 0 Å². The number of aryl methyl sites for hydroxylation is 1. The Labute approximate surface area is 264 Å². The maximum absolute atomic E-state index is 14.6. The molecule has 3 aliphatic heterocycles. The number of alkyl halides is 4. The SMILES string of the molecule is CCOC(=O)C(c1ncn2c1C[C@@H](F)C2)n1cc2c(C(F)F)cc(-c3ccc(N4CC5CN(CC(C)F)CC5C4)cc3)c(C)c2n1. The standard InChI is InChI=1S/C34H38F4N6O2/c1-4-46-34(45)32(31-29-9-24(36)16-43(29)18-39-31)44-17-28-27(33(37)38)10-26(20(3)30(28)40-44)21-5-7-25(8-6-21)42-14-22-12-41(11-19(2)35)13-23(22)15-42/h5-8,10,17-19,22-24,32-33H,4,9,11-16H2,1-3H3/t19?,22?,23?,24-,32?/m1/s1. The van der Waals surface area contributed by atoms with Gasteiger partial charge >= 0.3 is 5.97 Å². The van der Waals surface area contributed by atoms with Gasteiger partial charge in [-0.05, 0) is 67.5 Å². The minimum Gasteiger partial charge on any atom is -0.464 e. The number of hydrogen-bond acceptors (Lipinski definition) is 6. The predicted molar refractivity (Wildman–Crippen MR) is 167 cm³/mol. The highest BCUT2D eigenvalue weighted by molar-refractivity contribution is 5.92. The number of nitrogens with zero attached hydrogens (tertiary/aromatic N) is 6. The van der Waals surface area contributed by atoms with E-state index in [2.05, 4.69) is 19.9 Å². The molecule has 0 radical (unpaired) electrons. The lowest BCUT2D eigenvalue weighted by Crippen LogP contribution is -2.32. The van der Waals surface area contributed by atoms with Gasteiger partial charge in [-0.2, -0.15) is 5.10 Å². The first-order valence-electron chi connectivity index (χ1n) is 16.0. The van der Waals surface area contributed by atoms with E-state index in [1.54, 1.807) is 18.4 Å². The Hall–Kier alpha value is -3.93. The average molecular weight is 639 g/mol. The smallest absolute Gasteiger partial charge is 0.337 e. The van der Waals surface area contributed by atoms with Gasteiger partial charge in [0.25, 0.3) is 6.43 Å². The summed E-state index contributed by atoms with van der Waals surface area (Å²) in [5, 5.41) is 4.92. The van der Waals surface area contributed by atoms with E-state index in [0.29, 0.717) is 46.4 Å². The number of hydrogen-bond donors (Lipinski definition) is 0. The molecule has 4 aromatic rings. The summed E-state index contributed by atoms with van der Waals surface area (Å²) in [4.78, 5) is 22.2. The van der Waals surface area contributed by atoms with Crippen LogP contribution in [-0.2, 0) is 22.5 Å². The summed E-state index contributed by atoms with van der Waals surface area (Å²) in [5.74, 6) is 0.376. The highest BCUT2D eigenvalue weighted by Crippen LogP contribution is 2.39. The molecular formula is C34H38F4N6O2. The summed E-state index contributed by atoms with van der Waals surface area (Å²) in [6.07, 6.45) is -1.66. The number of halogens is 4. The van der Waals surface area contributed by atoms with Crippen LogP contribution in [0.3, 0.4) is 0 Å². The lowest BCUT2D eigenvalue weighted by Gasteiger charge is -2.23. The summed E-state index contributed by atoms with van der Waals surface area (Å²) >= 11 is 0. The molecule has 2 fully saturated rings. The van der Waals surface area contributed by atoms with Crippen molar-refractivity contribution in [2.75, 3.05) is 44.2 Å². The monoisotopic (exact) mass is 638 g/mol. The van der Waals surface area contributed by atoms with Crippen molar-refractivity contribution in [2.24, 2.45) is 11.8 Å². The van der Waals surface area contributed by atoms with Crippen molar-refractivity contribution in [1.82, 2.24) is 24.2 Å². The van der Waals surface area contributed by atoms with Gasteiger partial charge in [0, 0.05) is 67.7 Å². The number of fused-ring (bicyclic) bond motifs is 3. The number of likely N-dealkylation sites (tertiary alicyclic amines) is 1. The third-order valence-electron chi connectivity index (χ3n) is 9.77. The normalized spacial score (nSPS) is 22.5. The van der Waals surface area contributed by atoms with Gasteiger partial charge < -0.3 is 14.2 Å². The summed E-state index contributed by atoms with van der Waals surface area (Å²) < 4.78 is 65.3. The molecule has 12 heteroatoms. The fourth-order valence-corrected chi connectivity index (χ4v) is 7.70. The largest absolute Gasteiger partial charge is 0.464 e. The molecule has 46 heavy (non-hydrogen) atoms. The van der Waals surface area contributed by atoms with Gasteiger partial charge in [-0.3, -0.25) is 9.58 Å². The molecule has 5 atom stereocenters. The van der Waals surface area contributed by atoms with Crippen molar-refractivity contribution in [1.29, 1.82) is 0 Å². The Morgan fingerprint density at radius 1 is 1.07 bits per heavy atom. The van der Waals surface area contributed by atoms with Gasteiger partial charge in [0.1, 0.15) is 12.3 Å². The van der Waals surface area contributed by atoms with E-state index in [0.717, 1.165) is 37.4 Å². The maximum Gasteiger partial charge on any atom is 0.337 e. The molecule has 8 nitrogen and oxygen atoms in total. The lowest BCUT2D eigenvalue weighted by atomic mass is 9.95. The van der Waals surface area contributed by atoms with Crippen LogP contribution >= 0.6 is 0 Å². The lowest BCUT2D eigenvalue weighted by molar-refractivity contribution is -0.146. The van der Waals surface area contributed by atoms with E-state index in [4.69, 9.17) is 4.74 Å².